The molecule has 0 saturated carbocycles. The molecule has 0 aliphatic rings. The van der Waals surface area contributed by atoms with Gasteiger partial charge in [-0.05, 0) is 95.1 Å². The van der Waals surface area contributed by atoms with Crippen LogP contribution in [0.1, 0.15) is 66.1 Å². The van der Waals surface area contributed by atoms with Gasteiger partial charge in [0.1, 0.15) is 68.3 Å². The Morgan fingerprint density at radius 1 is 0.436 bits per heavy atom. The van der Waals surface area contributed by atoms with Gasteiger partial charge in [0.2, 0.25) is 40.7 Å². The minimum Gasteiger partial charge on any atom is -0.489 e. The van der Waals surface area contributed by atoms with Crippen LogP contribution in [0.4, 0.5) is 36.3 Å². The number of aliphatic hydroxyl groups excluding tert-OH is 1. The molecule has 0 fully saturated rings. The van der Waals surface area contributed by atoms with Gasteiger partial charge in [-0.2, -0.15) is 8.78 Å². The van der Waals surface area contributed by atoms with Crippen molar-refractivity contribution in [2.24, 2.45) is 0 Å². The highest BCUT2D eigenvalue weighted by Gasteiger charge is 2.35. The van der Waals surface area contributed by atoms with Crippen molar-refractivity contribution in [2.75, 3.05) is 6.54 Å². The summed E-state index contributed by atoms with van der Waals surface area (Å²) >= 11 is 0. The van der Waals surface area contributed by atoms with Gasteiger partial charge in [0.05, 0.1) is 6.10 Å². The van der Waals surface area contributed by atoms with Crippen LogP contribution in [-0.4, -0.2) is 77.6 Å². The van der Waals surface area contributed by atoms with E-state index in [2.05, 4.69) is 21.3 Å². The van der Waals surface area contributed by atoms with Gasteiger partial charge in [0.25, 0.3) is 0 Å². The molecule has 0 aliphatic heterocycles. The molecule has 8 rings (SSSR count). The van der Waals surface area contributed by atoms with E-state index in [0.717, 1.165) is 5.56 Å². The van der Waals surface area contributed by atoms with Crippen LogP contribution in [0.2, 0.25) is 0 Å². The zero-order valence-corrected chi connectivity index (χ0v) is 51.2. The molecule has 8 aromatic rings. The second-order valence-corrected chi connectivity index (χ2v) is 22.4. The van der Waals surface area contributed by atoms with E-state index in [4.69, 9.17) is 33.2 Å². The molecule has 23 heteroatoms. The molecule has 0 bridgehead atoms. The van der Waals surface area contributed by atoms with E-state index in [1.54, 1.807) is 178 Å². The number of amides is 4. The monoisotopic (exact) mass is 1290 g/mol. The van der Waals surface area contributed by atoms with E-state index >= 15 is 8.78 Å². The topological polar surface area (TPSA) is 235 Å². The summed E-state index contributed by atoms with van der Waals surface area (Å²) in [5.41, 5.74) is 3.35. The molecule has 4 atom stereocenters. The van der Waals surface area contributed by atoms with Crippen LogP contribution in [0, 0.1) is 29.1 Å². The van der Waals surface area contributed by atoms with Crippen LogP contribution < -0.4 is 35.5 Å². The maximum Gasteiger partial charge on any atom is 0.408 e. The van der Waals surface area contributed by atoms with Gasteiger partial charge < -0.3 is 59.5 Å². The van der Waals surface area contributed by atoms with E-state index in [-0.39, 0.29) is 62.1 Å². The first-order valence-corrected chi connectivity index (χ1v) is 29.6. The lowest BCUT2D eigenvalue weighted by Crippen LogP contribution is -2.54. The number of ether oxygens (including phenoxy) is 7. The van der Waals surface area contributed by atoms with E-state index < -0.39 is 120 Å². The Hall–Kier alpha value is -10.8. The first kappa shape index (κ1) is 69.1. The normalized spacial score (nSPS) is 12.4. The minimum atomic E-state index is -2.51. The number of hydrogen-bond acceptors (Lipinski definition) is 14. The SMILES string of the molecule is CC(C)(C)OC(=O)N[C@@H](C[C@@H](O)CNC(=O)OCc1ccccc1)C(=O)N[C@@H](Cc1cc(-c2ccc(OCc3ccccc3)c(C[C@H](NC(=O)OCc3ccccc3)C(=O)Oc3c(F)c(F)c(F)c(F)c3F)c2)ccc1OCc1ccccc1)C(=O)OCc1ccccc1. The Labute approximate surface area is 538 Å². The molecule has 0 spiro atoms. The van der Waals surface area contributed by atoms with Crippen LogP contribution in [-0.2, 0) is 79.2 Å². The second kappa shape index (κ2) is 33.5. The number of carbonyl (C=O) groups is 6. The largest absolute Gasteiger partial charge is 0.489 e. The third kappa shape index (κ3) is 20.9. The number of nitrogens with one attached hydrogen (secondary N) is 4. The summed E-state index contributed by atoms with van der Waals surface area (Å²) in [4.78, 5) is 83.2. The van der Waals surface area contributed by atoms with E-state index in [9.17, 15) is 47.0 Å². The van der Waals surface area contributed by atoms with Crippen LogP contribution in [0.15, 0.2) is 188 Å². The first-order chi connectivity index (χ1) is 45.2. The summed E-state index contributed by atoms with van der Waals surface area (Å²) < 4.78 is 113. The summed E-state index contributed by atoms with van der Waals surface area (Å²) in [6.07, 6.45) is -6.21. The summed E-state index contributed by atoms with van der Waals surface area (Å²) in [7, 11) is 0. The molecule has 0 saturated heterocycles. The molecule has 0 aromatic heterocycles. The fourth-order valence-electron chi connectivity index (χ4n) is 9.28. The Morgan fingerprint density at radius 2 is 0.819 bits per heavy atom. The molecule has 0 radical (unpaired) electrons. The molecule has 490 valence electrons. The van der Waals surface area contributed by atoms with E-state index in [1.807, 2.05) is 18.2 Å². The van der Waals surface area contributed by atoms with Crippen molar-refractivity contribution in [2.45, 2.75) is 103 Å². The van der Waals surface area contributed by atoms with Crippen molar-refractivity contribution in [3.63, 3.8) is 0 Å². The number of rotatable bonds is 28. The van der Waals surface area contributed by atoms with Crippen LogP contribution in [0.5, 0.6) is 17.2 Å². The highest BCUT2D eigenvalue weighted by Crippen LogP contribution is 2.34. The smallest absolute Gasteiger partial charge is 0.408 e. The second-order valence-electron chi connectivity index (χ2n) is 22.4. The summed E-state index contributed by atoms with van der Waals surface area (Å²) in [6, 6.07) is 48.1. The third-order valence-electron chi connectivity index (χ3n) is 14.0. The predicted octanol–water partition coefficient (Wildman–Crippen LogP) is 12.0. The molecule has 18 nitrogen and oxygen atoms in total. The average Bonchev–Trinajstić information content (AvgIpc) is 0.809. The molecule has 4 amide bonds. The van der Waals surface area contributed by atoms with Gasteiger partial charge in [-0.25, -0.2) is 37.1 Å². The van der Waals surface area contributed by atoms with Crippen LogP contribution in [0.3, 0.4) is 0 Å². The summed E-state index contributed by atoms with van der Waals surface area (Å²) in [5, 5.41) is 21.2. The lowest BCUT2D eigenvalue weighted by molar-refractivity contribution is -0.149. The van der Waals surface area contributed by atoms with Gasteiger partial charge in [0, 0.05) is 25.8 Å². The van der Waals surface area contributed by atoms with Crippen LogP contribution in [0.25, 0.3) is 11.1 Å². The highest BCUT2D eigenvalue weighted by atomic mass is 19.2. The molecular formula is C71H67F5N4O14. The van der Waals surface area contributed by atoms with Crippen molar-refractivity contribution in [1.82, 2.24) is 21.3 Å². The quantitative estimate of drug-likeness (QED) is 0.00766. The fourth-order valence-corrected chi connectivity index (χ4v) is 9.28. The number of carbonyl (C=O) groups excluding carboxylic acids is 6. The lowest BCUT2D eigenvalue weighted by atomic mass is 9.95. The van der Waals surface area contributed by atoms with Gasteiger partial charge in [-0.1, -0.05) is 164 Å². The number of esters is 2. The van der Waals surface area contributed by atoms with Crippen molar-refractivity contribution in [3.8, 4) is 28.4 Å². The minimum absolute atomic E-state index is 0.0111. The molecule has 0 heterocycles. The van der Waals surface area contributed by atoms with Crippen LogP contribution >= 0.6 is 0 Å². The zero-order chi connectivity index (χ0) is 67.2. The van der Waals surface area contributed by atoms with Gasteiger partial charge in [0.15, 0.2) is 0 Å². The number of aliphatic hydroxyl groups is 1. The van der Waals surface area contributed by atoms with Crippen molar-refractivity contribution in [1.29, 1.82) is 0 Å². The molecule has 5 N–H and O–H groups in total. The molecular weight excluding hydrogens is 1230 g/mol. The standard InChI is InChI=1S/C71H67F5N4O14/c1-71(2,3)94-70(87)79-54(37-53(81)38-77-68(85)91-42-47-25-15-7-16-26-47)65(82)78-55(66(83)90-41-46-23-13-6-14-24-46)35-51-33-49(29-31-57(51)88-39-44-19-9-4-10-20-44)50-30-32-58(89-40-45-21-11-5-12-22-45)52(34-50)36-56(80-69(86)92-43-48-27-17-8-18-28-48)67(84)93-64-62(75)60(73)59(72)61(74)63(64)76/h4-34,53-56,81H,35-43H2,1-3H3,(H,77,85)(H,78,82)(H,79,87)(H,80,86)/t53-,54+,55+,56+/m1/s1. The summed E-state index contributed by atoms with van der Waals surface area (Å²) in [6.45, 7) is 3.65. The van der Waals surface area contributed by atoms with Gasteiger partial charge in [-0.3, -0.25) is 4.79 Å². The molecule has 8 aromatic carbocycles. The van der Waals surface area contributed by atoms with E-state index in [1.165, 1.54) is 12.1 Å². The van der Waals surface area contributed by atoms with Crippen molar-refractivity contribution in [3.05, 3.63) is 256 Å². The Balaban J connectivity index is 1.16. The highest BCUT2D eigenvalue weighted by molar-refractivity contribution is 5.90. The average molecular weight is 1300 g/mol. The van der Waals surface area contributed by atoms with Gasteiger partial charge >= 0.3 is 30.2 Å². The number of hydrogen-bond donors (Lipinski definition) is 5. The van der Waals surface area contributed by atoms with E-state index in [0.29, 0.717) is 33.4 Å². The zero-order valence-electron chi connectivity index (χ0n) is 51.2. The summed E-state index contributed by atoms with van der Waals surface area (Å²) in [5.74, 6) is -17.5. The van der Waals surface area contributed by atoms with Gasteiger partial charge in [-0.15, -0.1) is 0 Å². The third-order valence-corrected chi connectivity index (χ3v) is 14.0. The molecule has 0 aliphatic carbocycles. The maximum atomic E-state index is 15.1. The Bertz CT molecular complexity index is 3840. The Kier molecular flexibility index (Phi) is 24.6. The maximum absolute atomic E-state index is 15.1. The Morgan fingerprint density at radius 3 is 1.26 bits per heavy atom. The van der Waals surface area contributed by atoms with Crippen molar-refractivity contribution < 1.29 is 89.0 Å². The number of benzene rings is 8. The molecule has 0 unspecified atom stereocenters. The fraction of sp³-hybridized carbons (Fsp3) is 0.239. The first-order valence-electron chi connectivity index (χ1n) is 29.6. The predicted molar refractivity (Wildman–Crippen MR) is 333 cm³/mol. The number of alkyl carbamates (subject to hydrolysis) is 3. The van der Waals surface area contributed by atoms with Crippen molar-refractivity contribution >= 4 is 36.1 Å². The number of halogens is 5. The lowest BCUT2D eigenvalue weighted by Gasteiger charge is -2.26. The molecule has 94 heavy (non-hydrogen) atoms.